The predicted molar refractivity (Wildman–Crippen MR) is 44.7 cm³/mol. The number of carbonyl (C=O) groups excluding carboxylic acids is 2. The van der Waals surface area contributed by atoms with Gasteiger partial charge in [0.25, 0.3) is 0 Å². The van der Waals surface area contributed by atoms with Gasteiger partial charge in [-0.2, -0.15) is 4.39 Å². The smallest absolute Gasteiger partial charge is 0.298 e. The first-order valence-corrected chi connectivity index (χ1v) is 4.66. The molecule has 13 heavy (non-hydrogen) atoms. The molecule has 0 aliphatic heterocycles. The monoisotopic (exact) mass is 184 g/mol. The zero-order valence-electron chi connectivity index (χ0n) is 7.89. The fraction of sp³-hybridized carbons (Fsp3) is 0.800. The number of rotatable bonds is 1. The Bertz CT molecular complexity index is 295. The topological polar surface area (TPSA) is 34.1 Å². The van der Waals surface area contributed by atoms with Crippen molar-refractivity contribution in [1.29, 1.82) is 0 Å². The van der Waals surface area contributed by atoms with Crippen LogP contribution in [-0.2, 0) is 9.59 Å². The molecule has 0 spiro atoms. The number of fused-ring (bicyclic) bond motifs is 2. The summed E-state index contributed by atoms with van der Waals surface area (Å²) in [5, 5.41) is 0. The molecule has 2 rings (SSSR count). The van der Waals surface area contributed by atoms with E-state index in [0.29, 0.717) is 12.8 Å². The molecule has 0 radical (unpaired) electrons. The fourth-order valence-electron chi connectivity index (χ4n) is 3.14. The lowest BCUT2D eigenvalue weighted by molar-refractivity contribution is -0.151. The summed E-state index contributed by atoms with van der Waals surface area (Å²) in [6, 6.07) is -1.41. The lowest BCUT2D eigenvalue weighted by atomic mass is 9.69. The third-order valence-electron chi connectivity index (χ3n) is 4.23. The summed E-state index contributed by atoms with van der Waals surface area (Å²) < 4.78 is 13.0. The van der Waals surface area contributed by atoms with Crippen LogP contribution in [0.15, 0.2) is 0 Å². The molecule has 0 heterocycles. The molecule has 72 valence electrons. The Morgan fingerprint density at radius 1 is 1.54 bits per heavy atom. The summed E-state index contributed by atoms with van der Waals surface area (Å²) in [5.74, 6) is 0.0287. The van der Waals surface area contributed by atoms with Crippen molar-refractivity contribution in [3.05, 3.63) is 0 Å². The number of hydrogen-bond donors (Lipinski definition) is 0. The van der Waals surface area contributed by atoms with Crippen LogP contribution in [0.2, 0.25) is 0 Å². The highest BCUT2D eigenvalue weighted by molar-refractivity contribution is 6.07. The summed E-state index contributed by atoms with van der Waals surface area (Å²) in [4.78, 5) is 22.5. The summed E-state index contributed by atoms with van der Waals surface area (Å²) in [6.45, 7) is 3.68. The van der Waals surface area contributed by atoms with Gasteiger partial charge in [0.15, 0.2) is 0 Å². The van der Waals surface area contributed by atoms with Gasteiger partial charge in [-0.05, 0) is 24.2 Å². The van der Waals surface area contributed by atoms with E-state index in [-0.39, 0.29) is 11.7 Å². The van der Waals surface area contributed by atoms with Gasteiger partial charge < -0.3 is 0 Å². The number of Topliss-reactive ketones (excluding diaryl/α,β-unsaturated/α-hetero) is 1. The van der Waals surface area contributed by atoms with Crippen LogP contribution in [0.4, 0.5) is 4.39 Å². The van der Waals surface area contributed by atoms with Crippen LogP contribution in [0.1, 0.15) is 33.1 Å². The first-order chi connectivity index (χ1) is 5.93. The third-order valence-corrected chi connectivity index (χ3v) is 4.23. The summed E-state index contributed by atoms with van der Waals surface area (Å²) in [6.07, 6.45) is 1.62. The van der Waals surface area contributed by atoms with Crippen molar-refractivity contribution in [3.8, 4) is 0 Å². The average molecular weight is 184 g/mol. The highest BCUT2D eigenvalue weighted by Crippen LogP contribution is 2.64. The molecule has 2 bridgehead atoms. The molecular formula is C10H13FO2. The summed E-state index contributed by atoms with van der Waals surface area (Å²) in [5.41, 5.74) is -1.74. The molecule has 0 saturated heterocycles. The molecule has 0 N–H and O–H groups in total. The fourth-order valence-corrected chi connectivity index (χ4v) is 3.14. The van der Waals surface area contributed by atoms with Gasteiger partial charge in [-0.15, -0.1) is 0 Å². The molecule has 2 aliphatic rings. The molecule has 0 aromatic carbocycles. The van der Waals surface area contributed by atoms with Crippen molar-refractivity contribution in [3.63, 3.8) is 0 Å². The Balaban J connectivity index is 2.55. The summed E-state index contributed by atoms with van der Waals surface area (Å²) in [7, 11) is 0. The maximum absolute atomic E-state index is 13.0. The normalized spacial score (nSPS) is 41.2. The second-order valence-electron chi connectivity index (χ2n) is 4.76. The molecule has 3 heteroatoms. The van der Waals surface area contributed by atoms with E-state index in [2.05, 4.69) is 0 Å². The van der Waals surface area contributed by atoms with Crippen molar-refractivity contribution in [2.75, 3.05) is 0 Å². The third kappa shape index (κ3) is 0.736. The molecule has 0 aromatic heterocycles. The van der Waals surface area contributed by atoms with Gasteiger partial charge in [-0.25, -0.2) is 0 Å². The van der Waals surface area contributed by atoms with Gasteiger partial charge in [0.2, 0.25) is 0 Å². The van der Waals surface area contributed by atoms with E-state index in [0.717, 1.165) is 6.42 Å². The first-order valence-electron chi connectivity index (χ1n) is 4.66. The van der Waals surface area contributed by atoms with Gasteiger partial charge in [0.05, 0.1) is 0 Å². The molecule has 2 aliphatic carbocycles. The van der Waals surface area contributed by atoms with E-state index in [9.17, 15) is 14.0 Å². The number of carbonyl (C=O) groups is 2. The SMILES string of the molecule is CC1(C)C2CCC1(C(=O)F)C(=O)C2. The van der Waals surface area contributed by atoms with E-state index < -0.39 is 16.9 Å². The van der Waals surface area contributed by atoms with E-state index in [1.165, 1.54) is 0 Å². The summed E-state index contributed by atoms with van der Waals surface area (Å²) >= 11 is 0. The van der Waals surface area contributed by atoms with Crippen LogP contribution >= 0.6 is 0 Å². The van der Waals surface area contributed by atoms with Crippen molar-refractivity contribution in [2.24, 2.45) is 16.7 Å². The standard InChI is InChI=1S/C10H13FO2/c1-9(2)6-3-4-10(9,8(11)13)7(12)5-6/h6H,3-5H2,1-2H3. The van der Waals surface area contributed by atoms with Gasteiger partial charge in [0.1, 0.15) is 11.2 Å². The van der Waals surface area contributed by atoms with Crippen molar-refractivity contribution in [1.82, 2.24) is 0 Å². The highest BCUT2D eigenvalue weighted by atomic mass is 19.1. The number of halogens is 1. The minimum atomic E-state index is -1.41. The molecule has 0 aromatic rings. The second kappa shape index (κ2) is 2.20. The van der Waals surface area contributed by atoms with Crippen LogP contribution in [0.3, 0.4) is 0 Å². The van der Waals surface area contributed by atoms with Crippen molar-refractivity contribution in [2.45, 2.75) is 33.1 Å². The Labute approximate surface area is 76.5 Å². The van der Waals surface area contributed by atoms with Gasteiger partial charge in [-0.1, -0.05) is 13.8 Å². The molecule has 2 unspecified atom stereocenters. The minimum absolute atomic E-state index is 0.179. The van der Waals surface area contributed by atoms with Crippen molar-refractivity contribution < 1.29 is 14.0 Å². The minimum Gasteiger partial charge on any atom is -0.298 e. The molecule has 0 amide bonds. The Morgan fingerprint density at radius 2 is 2.15 bits per heavy atom. The van der Waals surface area contributed by atoms with E-state index in [1.54, 1.807) is 0 Å². The highest BCUT2D eigenvalue weighted by Gasteiger charge is 2.68. The van der Waals surface area contributed by atoms with Gasteiger partial charge >= 0.3 is 6.04 Å². The largest absolute Gasteiger partial charge is 0.315 e. The average Bonchev–Trinajstić information content (AvgIpc) is 2.35. The molecule has 2 atom stereocenters. The van der Waals surface area contributed by atoms with Crippen LogP contribution in [0, 0.1) is 16.7 Å². The van der Waals surface area contributed by atoms with Crippen molar-refractivity contribution >= 4 is 11.8 Å². The van der Waals surface area contributed by atoms with Gasteiger partial charge in [-0.3, -0.25) is 9.59 Å². The molecular weight excluding hydrogens is 171 g/mol. The lowest BCUT2D eigenvalue weighted by Gasteiger charge is -2.31. The molecule has 2 nitrogen and oxygen atoms in total. The number of hydrogen-bond acceptors (Lipinski definition) is 2. The second-order valence-corrected chi connectivity index (χ2v) is 4.76. The maximum Gasteiger partial charge on any atom is 0.315 e. The molecule has 2 saturated carbocycles. The zero-order chi connectivity index (χ0) is 9.85. The quantitative estimate of drug-likeness (QED) is 0.460. The van der Waals surface area contributed by atoms with E-state index in [4.69, 9.17) is 0 Å². The predicted octanol–water partition coefficient (Wildman–Crippen LogP) is 1.88. The van der Waals surface area contributed by atoms with Crippen LogP contribution in [0.5, 0.6) is 0 Å². The van der Waals surface area contributed by atoms with Crippen LogP contribution < -0.4 is 0 Å². The molecule has 2 fully saturated rings. The van der Waals surface area contributed by atoms with Gasteiger partial charge in [0, 0.05) is 6.42 Å². The van der Waals surface area contributed by atoms with E-state index in [1.807, 2.05) is 13.8 Å². The maximum atomic E-state index is 13.0. The Morgan fingerprint density at radius 3 is 2.38 bits per heavy atom. The van der Waals surface area contributed by atoms with E-state index >= 15 is 0 Å². The zero-order valence-corrected chi connectivity index (χ0v) is 7.89. The Kier molecular flexibility index (Phi) is 1.49. The Hall–Kier alpha value is -0.730. The van der Waals surface area contributed by atoms with Crippen LogP contribution in [-0.4, -0.2) is 11.8 Å². The number of ketones is 1. The lowest BCUT2D eigenvalue weighted by Crippen LogP contribution is -2.41. The first kappa shape index (κ1) is 8.85. The van der Waals surface area contributed by atoms with Crippen LogP contribution in [0.25, 0.3) is 0 Å².